The van der Waals surface area contributed by atoms with Crippen molar-refractivity contribution in [1.29, 1.82) is 0 Å². The fraction of sp³-hybridized carbons (Fsp3) is 0.368. The third-order valence-electron chi connectivity index (χ3n) is 4.57. The molecule has 5 nitrogen and oxygen atoms in total. The van der Waals surface area contributed by atoms with Crippen molar-refractivity contribution >= 4 is 39.9 Å². The fourth-order valence-electron chi connectivity index (χ4n) is 3.21. The standard InChI is InChI=1S/C19H22ClN3O2/c1-21(2)11-12-23-18(24)14-6-4-5-13-16(22(3)10-9-20)8-7-15(17(13)14)19(23)25/h4-8H,9-12H2,1-3H3. The van der Waals surface area contributed by atoms with E-state index in [9.17, 15) is 9.59 Å². The van der Waals surface area contributed by atoms with E-state index in [2.05, 4.69) is 0 Å². The van der Waals surface area contributed by atoms with Crippen LogP contribution in [0.1, 0.15) is 20.7 Å². The van der Waals surface area contributed by atoms with Gasteiger partial charge in [-0.15, -0.1) is 11.6 Å². The lowest BCUT2D eigenvalue weighted by Gasteiger charge is -2.29. The topological polar surface area (TPSA) is 43.9 Å². The summed E-state index contributed by atoms with van der Waals surface area (Å²) >= 11 is 5.86. The molecule has 1 aliphatic heterocycles. The lowest BCUT2D eigenvalue weighted by Crippen LogP contribution is -2.43. The highest BCUT2D eigenvalue weighted by Gasteiger charge is 2.33. The minimum absolute atomic E-state index is 0.220. The van der Waals surface area contributed by atoms with Gasteiger partial charge in [0.05, 0.1) is 0 Å². The molecular formula is C19H22ClN3O2. The molecule has 0 aliphatic carbocycles. The Morgan fingerprint density at radius 1 is 0.960 bits per heavy atom. The third kappa shape index (κ3) is 3.10. The molecule has 2 aromatic rings. The van der Waals surface area contributed by atoms with Gasteiger partial charge < -0.3 is 9.80 Å². The van der Waals surface area contributed by atoms with E-state index in [1.54, 1.807) is 6.07 Å². The molecule has 0 aromatic heterocycles. The van der Waals surface area contributed by atoms with Gasteiger partial charge in [0.25, 0.3) is 11.8 Å². The second-order valence-corrected chi connectivity index (χ2v) is 6.91. The molecule has 3 rings (SSSR count). The van der Waals surface area contributed by atoms with Crippen LogP contribution in [0.3, 0.4) is 0 Å². The number of benzene rings is 2. The van der Waals surface area contributed by atoms with Gasteiger partial charge >= 0.3 is 0 Å². The normalized spacial score (nSPS) is 13.9. The Balaban J connectivity index is 2.12. The summed E-state index contributed by atoms with van der Waals surface area (Å²) < 4.78 is 0. The largest absolute Gasteiger partial charge is 0.373 e. The quantitative estimate of drug-likeness (QED) is 0.587. The lowest BCUT2D eigenvalue weighted by molar-refractivity contribution is 0.0601. The van der Waals surface area contributed by atoms with Crippen molar-refractivity contribution in [1.82, 2.24) is 9.80 Å². The van der Waals surface area contributed by atoms with E-state index in [-0.39, 0.29) is 11.8 Å². The summed E-state index contributed by atoms with van der Waals surface area (Å²) in [6.07, 6.45) is 0. The highest BCUT2D eigenvalue weighted by atomic mass is 35.5. The summed E-state index contributed by atoms with van der Waals surface area (Å²) in [5.74, 6) is 0.0690. The van der Waals surface area contributed by atoms with E-state index in [4.69, 9.17) is 11.6 Å². The summed E-state index contributed by atoms with van der Waals surface area (Å²) in [5.41, 5.74) is 2.16. The van der Waals surface area contributed by atoms with Crippen molar-refractivity contribution in [2.24, 2.45) is 0 Å². The van der Waals surface area contributed by atoms with Crippen LogP contribution in [-0.4, -0.2) is 68.3 Å². The van der Waals surface area contributed by atoms with Crippen molar-refractivity contribution in [3.63, 3.8) is 0 Å². The number of rotatable bonds is 6. The Bertz CT molecular complexity index is 813. The molecular weight excluding hydrogens is 338 g/mol. The van der Waals surface area contributed by atoms with Crippen LogP contribution in [0.5, 0.6) is 0 Å². The molecule has 2 aromatic carbocycles. The first kappa shape index (κ1) is 17.7. The first-order valence-corrected chi connectivity index (χ1v) is 8.83. The molecule has 0 saturated heterocycles. The molecule has 132 valence electrons. The third-order valence-corrected chi connectivity index (χ3v) is 4.74. The summed E-state index contributed by atoms with van der Waals surface area (Å²) in [6, 6.07) is 9.39. The lowest BCUT2D eigenvalue weighted by atomic mass is 9.92. The van der Waals surface area contributed by atoms with Gasteiger partial charge in [0.15, 0.2) is 0 Å². The van der Waals surface area contributed by atoms with Crippen molar-refractivity contribution in [2.45, 2.75) is 0 Å². The molecule has 0 fully saturated rings. The van der Waals surface area contributed by atoms with E-state index < -0.39 is 0 Å². The maximum atomic E-state index is 12.9. The maximum Gasteiger partial charge on any atom is 0.261 e. The molecule has 0 bridgehead atoms. The predicted octanol–water partition coefficient (Wildman–Crippen LogP) is 2.67. The Hall–Kier alpha value is -2.11. The van der Waals surface area contributed by atoms with E-state index in [0.717, 1.165) is 16.5 Å². The van der Waals surface area contributed by atoms with Gasteiger partial charge in [-0.25, -0.2) is 0 Å². The highest BCUT2D eigenvalue weighted by molar-refractivity contribution is 6.26. The van der Waals surface area contributed by atoms with Crippen molar-refractivity contribution in [3.8, 4) is 0 Å². The van der Waals surface area contributed by atoms with Gasteiger partial charge in [-0.1, -0.05) is 12.1 Å². The van der Waals surface area contributed by atoms with Crippen LogP contribution in [0.25, 0.3) is 10.8 Å². The number of nitrogens with zero attached hydrogens (tertiary/aromatic N) is 3. The number of hydrogen-bond acceptors (Lipinski definition) is 4. The maximum absolute atomic E-state index is 12.9. The van der Waals surface area contributed by atoms with Gasteiger partial charge in [0.2, 0.25) is 0 Å². The average molecular weight is 360 g/mol. The smallest absolute Gasteiger partial charge is 0.261 e. The first-order chi connectivity index (χ1) is 12.0. The van der Waals surface area contributed by atoms with Crippen molar-refractivity contribution in [3.05, 3.63) is 41.5 Å². The molecule has 25 heavy (non-hydrogen) atoms. The molecule has 6 heteroatoms. The number of likely N-dealkylation sites (N-methyl/N-ethyl adjacent to an activating group) is 1. The number of hydrogen-bond donors (Lipinski definition) is 0. The molecule has 0 atom stereocenters. The van der Waals surface area contributed by atoms with Crippen molar-refractivity contribution in [2.75, 3.05) is 51.6 Å². The number of amides is 2. The van der Waals surface area contributed by atoms with Gasteiger partial charge in [-0.2, -0.15) is 0 Å². The Kier molecular flexibility index (Phi) is 4.97. The van der Waals surface area contributed by atoms with Crippen LogP contribution in [0, 0.1) is 0 Å². The van der Waals surface area contributed by atoms with Gasteiger partial charge in [0, 0.05) is 60.1 Å². The van der Waals surface area contributed by atoms with E-state index in [0.29, 0.717) is 36.6 Å². The minimum Gasteiger partial charge on any atom is -0.373 e. The zero-order valence-corrected chi connectivity index (χ0v) is 15.5. The first-order valence-electron chi connectivity index (χ1n) is 8.29. The Morgan fingerprint density at radius 3 is 2.28 bits per heavy atom. The van der Waals surface area contributed by atoms with Gasteiger partial charge in [0.1, 0.15) is 0 Å². The second kappa shape index (κ2) is 7.02. The van der Waals surface area contributed by atoms with Crippen molar-refractivity contribution < 1.29 is 9.59 Å². The number of halogens is 1. The molecule has 0 unspecified atom stereocenters. The summed E-state index contributed by atoms with van der Waals surface area (Å²) in [4.78, 5) is 31.1. The summed E-state index contributed by atoms with van der Waals surface area (Å²) in [7, 11) is 5.81. The summed E-state index contributed by atoms with van der Waals surface area (Å²) in [5, 5.41) is 1.66. The number of anilines is 1. The van der Waals surface area contributed by atoms with Crippen LogP contribution in [0.2, 0.25) is 0 Å². The highest BCUT2D eigenvalue weighted by Crippen LogP contribution is 2.35. The molecule has 1 aliphatic rings. The second-order valence-electron chi connectivity index (χ2n) is 6.54. The van der Waals surface area contributed by atoms with Gasteiger partial charge in [-0.05, 0) is 32.3 Å². The van der Waals surface area contributed by atoms with E-state index in [1.807, 2.05) is 55.2 Å². The number of alkyl halides is 1. The zero-order chi connectivity index (χ0) is 18.1. The fourth-order valence-corrected chi connectivity index (χ4v) is 3.47. The number of imide groups is 1. The Labute approximate surface area is 152 Å². The minimum atomic E-state index is -0.220. The van der Waals surface area contributed by atoms with Crippen LogP contribution in [0.4, 0.5) is 5.69 Å². The zero-order valence-electron chi connectivity index (χ0n) is 14.8. The molecule has 0 radical (unpaired) electrons. The van der Waals surface area contributed by atoms with Crippen LogP contribution in [-0.2, 0) is 0 Å². The molecule has 2 amide bonds. The van der Waals surface area contributed by atoms with Gasteiger partial charge in [-0.3, -0.25) is 14.5 Å². The van der Waals surface area contributed by atoms with Crippen LogP contribution >= 0.6 is 11.6 Å². The van der Waals surface area contributed by atoms with E-state index in [1.165, 1.54) is 4.90 Å². The molecule has 0 saturated carbocycles. The average Bonchev–Trinajstić information content (AvgIpc) is 2.59. The summed E-state index contributed by atoms with van der Waals surface area (Å²) in [6.45, 7) is 1.71. The molecule has 0 N–H and O–H groups in total. The van der Waals surface area contributed by atoms with Crippen LogP contribution < -0.4 is 4.90 Å². The monoisotopic (exact) mass is 359 g/mol. The van der Waals surface area contributed by atoms with Crippen LogP contribution in [0.15, 0.2) is 30.3 Å². The SMILES string of the molecule is CN(C)CCN1C(=O)c2cccc3c(N(C)CCCl)ccc(c23)C1=O. The number of carbonyl (C=O) groups excluding carboxylic acids is 2. The molecule has 0 spiro atoms. The molecule has 1 heterocycles. The predicted molar refractivity (Wildman–Crippen MR) is 102 cm³/mol. The number of carbonyl (C=O) groups is 2. The Morgan fingerprint density at radius 2 is 1.64 bits per heavy atom. The van der Waals surface area contributed by atoms with E-state index >= 15 is 0 Å².